The number of aromatic nitrogens is 2. The Bertz CT molecular complexity index is 627. The first kappa shape index (κ1) is 14.0. The van der Waals surface area contributed by atoms with Gasteiger partial charge in [0.05, 0.1) is 7.11 Å². The molecule has 1 unspecified atom stereocenters. The zero-order chi connectivity index (χ0) is 14.7. The molecule has 1 heterocycles. The van der Waals surface area contributed by atoms with E-state index in [0.29, 0.717) is 12.5 Å². The van der Waals surface area contributed by atoms with Gasteiger partial charge < -0.3 is 10.1 Å². The molecule has 4 heteroatoms. The average molecular weight is 283 g/mol. The number of nitrogens with one attached hydrogen (secondary N) is 1. The zero-order valence-electron chi connectivity index (χ0n) is 12.6. The molecule has 1 aliphatic rings. The van der Waals surface area contributed by atoms with E-state index < -0.39 is 0 Å². The van der Waals surface area contributed by atoms with Gasteiger partial charge in [-0.2, -0.15) is 0 Å². The standard InChI is InChI=1S/C17H21N3O/c1-18-14-7-5-8-15-13(14)11-19-17(20-15)10-12-6-3-4-9-16(12)21-2/h3-4,6,9,11,14,18H,5,7-8,10H2,1-2H3. The van der Waals surface area contributed by atoms with Crippen LogP contribution >= 0.6 is 0 Å². The highest BCUT2D eigenvalue weighted by atomic mass is 16.5. The third-order valence-electron chi connectivity index (χ3n) is 4.12. The van der Waals surface area contributed by atoms with Crippen molar-refractivity contribution in [1.82, 2.24) is 15.3 Å². The molecule has 0 bridgehead atoms. The summed E-state index contributed by atoms with van der Waals surface area (Å²) in [4.78, 5) is 9.33. The molecular formula is C17H21N3O. The Balaban J connectivity index is 1.87. The van der Waals surface area contributed by atoms with Gasteiger partial charge in [0.15, 0.2) is 0 Å². The minimum atomic E-state index is 0.397. The highest BCUT2D eigenvalue weighted by molar-refractivity contribution is 5.35. The molecule has 1 aromatic carbocycles. The molecule has 0 amide bonds. The third-order valence-corrected chi connectivity index (χ3v) is 4.12. The molecule has 1 aliphatic carbocycles. The van der Waals surface area contributed by atoms with Gasteiger partial charge in [-0.05, 0) is 32.4 Å². The van der Waals surface area contributed by atoms with Crippen LogP contribution in [0.4, 0.5) is 0 Å². The van der Waals surface area contributed by atoms with Crippen LogP contribution < -0.4 is 10.1 Å². The minimum absolute atomic E-state index is 0.397. The summed E-state index contributed by atoms with van der Waals surface area (Å²) in [5.41, 5.74) is 3.58. The Morgan fingerprint density at radius 2 is 2.19 bits per heavy atom. The lowest BCUT2D eigenvalue weighted by atomic mass is 9.92. The summed E-state index contributed by atoms with van der Waals surface area (Å²) in [7, 11) is 3.70. The predicted molar refractivity (Wildman–Crippen MR) is 82.6 cm³/mol. The summed E-state index contributed by atoms with van der Waals surface area (Å²) in [5.74, 6) is 1.77. The first-order chi connectivity index (χ1) is 10.3. The number of hydrogen-bond donors (Lipinski definition) is 1. The van der Waals surface area contributed by atoms with Gasteiger partial charge in [-0.3, -0.25) is 0 Å². The molecule has 21 heavy (non-hydrogen) atoms. The molecule has 0 spiro atoms. The van der Waals surface area contributed by atoms with Crippen LogP contribution in [0.2, 0.25) is 0 Å². The Morgan fingerprint density at radius 3 is 3.00 bits per heavy atom. The summed E-state index contributed by atoms with van der Waals surface area (Å²) in [5, 5.41) is 3.35. The average Bonchev–Trinajstić information content (AvgIpc) is 2.54. The van der Waals surface area contributed by atoms with Crippen molar-refractivity contribution in [2.24, 2.45) is 0 Å². The van der Waals surface area contributed by atoms with E-state index in [4.69, 9.17) is 9.72 Å². The Kier molecular flexibility index (Phi) is 4.15. The maximum absolute atomic E-state index is 5.40. The first-order valence-corrected chi connectivity index (χ1v) is 7.45. The van der Waals surface area contributed by atoms with Gasteiger partial charge in [0.2, 0.25) is 0 Å². The van der Waals surface area contributed by atoms with E-state index in [-0.39, 0.29) is 0 Å². The van der Waals surface area contributed by atoms with Crippen LogP contribution in [-0.2, 0) is 12.8 Å². The molecule has 1 N–H and O–H groups in total. The number of nitrogens with zero attached hydrogens (tertiary/aromatic N) is 2. The third kappa shape index (κ3) is 2.90. The van der Waals surface area contributed by atoms with Crippen molar-refractivity contribution in [3.05, 3.63) is 53.1 Å². The Morgan fingerprint density at radius 1 is 1.33 bits per heavy atom. The fraction of sp³-hybridized carbons (Fsp3) is 0.412. The summed E-state index contributed by atoms with van der Waals surface area (Å²) in [6.07, 6.45) is 6.10. The van der Waals surface area contributed by atoms with Gasteiger partial charge in [-0.25, -0.2) is 9.97 Å². The fourth-order valence-corrected chi connectivity index (χ4v) is 2.99. The highest BCUT2D eigenvalue weighted by Crippen LogP contribution is 2.28. The van der Waals surface area contributed by atoms with Gasteiger partial charge >= 0.3 is 0 Å². The maximum Gasteiger partial charge on any atom is 0.133 e. The number of fused-ring (bicyclic) bond motifs is 1. The Labute approximate surface area is 125 Å². The van der Waals surface area contributed by atoms with Crippen LogP contribution in [0.15, 0.2) is 30.5 Å². The van der Waals surface area contributed by atoms with Crippen LogP contribution in [0.1, 0.15) is 41.5 Å². The summed E-state index contributed by atoms with van der Waals surface area (Å²) >= 11 is 0. The second kappa shape index (κ2) is 6.22. The molecular weight excluding hydrogens is 262 g/mol. The van der Waals surface area contributed by atoms with E-state index in [2.05, 4.69) is 16.4 Å². The topological polar surface area (TPSA) is 47.0 Å². The fourth-order valence-electron chi connectivity index (χ4n) is 2.99. The summed E-state index contributed by atoms with van der Waals surface area (Å²) < 4.78 is 5.40. The zero-order valence-corrected chi connectivity index (χ0v) is 12.6. The van der Waals surface area contributed by atoms with Crippen molar-refractivity contribution in [1.29, 1.82) is 0 Å². The Hall–Kier alpha value is -1.94. The van der Waals surface area contributed by atoms with Gasteiger partial charge in [-0.15, -0.1) is 0 Å². The van der Waals surface area contributed by atoms with Gasteiger partial charge in [0, 0.05) is 35.5 Å². The molecule has 4 nitrogen and oxygen atoms in total. The highest BCUT2D eigenvalue weighted by Gasteiger charge is 2.20. The maximum atomic E-state index is 5.40. The molecule has 0 saturated carbocycles. The number of para-hydroxylation sites is 1. The van der Waals surface area contributed by atoms with Crippen molar-refractivity contribution in [3.63, 3.8) is 0 Å². The number of benzene rings is 1. The number of aryl methyl sites for hydroxylation is 1. The van der Waals surface area contributed by atoms with Crippen molar-refractivity contribution < 1.29 is 4.74 Å². The molecule has 0 saturated heterocycles. The molecule has 1 atom stereocenters. The number of hydrogen-bond acceptors (Lipinski definition) is 4. The monoisotopic (exact) mass is 283 g/mol. The second-order valence-corrected chi connectivity index (χ2v) is 5.41. The van der Waals surface area contributed by atoms with E-state index in [1.165, 1.54) is 24.1 Å². The van der Waals surface area contributed by atoms with E-state index in [1.807, 2.05) is 31.4 Å². The SMILES string of the molecule is CNC1CCCc2nc(Cc3ccccc3OC)ncc21. The smallest absolute Gasteiger partial charge is 0.133 e. The van der Waals surface area contributed by atoms with E-state index in [0.717, 1.165) is 23.6 Å². The first-order valence-electron chi connectivity index (χ1n) is 7.45. The molecule has 0 aliphatic heterocycles. The molecule has 0 radical (unpaired) electrons. The quantitative estimate of drug-likeness (QED) is 0.937. The van der Waals surface area contributed by atoms with Crippen LogP contribution in [0.3, 0.4) is 0 Å². The lowest BCUT2D eigenvalue weighted by Gasteiger charge is -2.24. The van der Waals surface area contributed by atoms with Crippen LogP contribution in [-0.4, -0.2) is 24.1 Å². The summed E-state index contributed by atoms with van der Waals surface area (Å²) in [6.45, 7) is 0. The van der Waals surface area contributed by atoms with Crippen LogP contribution in [0.5, 0.6) is 5.75 Å². The number of rotatable bonds is 4. The molecule has 0 fully saturated rings. The van der Waals surface area contributed by atoms with E-state index >= 15 is 0 Å². The van der Waals surface area contributed by atoms with E-state index in [1.54, 1.807) is 7.11 Å². The lowest BCUT2D eigenvalue weighted by Crippen LogP contribution is -2.23. The second-order valence-electron chi connectivity index (χ2n) is 5.41. The normalized spacial score (nSPS) is 17.3. The summed E-state index contributed by atoms with van der Waals surface area (Å²) in [6, 6.07) is 8.44. The van der Waals surface area contributed by atoms with Crippen LogP contribution in [0.25, 0.3) is 0 Å². The molecule has 1 aromatic heterocycles. The van der Waals surface area contributed by atoms with Gasteiger partial charge in [0.1, 0.15) is 11.6 Å². The number of ether oxygens (including phenoxy) is 1. The lowest BCUT2D eigenvalue weighted by molar-refractivity contribution is 0.410. The largest absolute Gasteiger partial charge is 0.496 e. The van der Waals surface area contributed by atoms with E-state index in [9.17, 15) is 0 Å². The van der Waals surface area contributed by atoms with Crippen molar-refractivity contribution >= 4 is 0 Å². The molecule has 3 rings (SSSR count). The van der Waals surface area contributed by atoms with Crippen molar-refractivity contribution in [2.45, 2.75) is 31.7 Å². The minimum Gasteiger partial charge on any atom is -0.496 e. The molecule has 2 aromatic rings. The van der Waals surface area contributed by atoms with Crippen molar-refractivity contribution in [3.8, 4) is 5.75 Å². The van der Waals surface area contributed by atoms with Crippen LogP contribution in [0, 0.1) is 0 Å². The number of methoxy groups -OCH3 is 1. The van der Waals surface area contributed by atoms with Crippen molar-refractivity contribution in [2.75, 3.05) is 14.2 Å². The van der Waals surface area contributed by atoms with Gasteiger partial charge in [0.25, 0.3) is 0 Å². The predicted octanol–water partition coefficient (Wildman–Crippen LogP) is 2.67. The molecule has 110 valence electrons. The van der Waals surface area contributed by atoms with Gasteiger partial charge in [-0.1, -0.05) is 18.2 Å².